The first kappa shape index (κ1) is 10.6. The maximum absolute atomic E-state index is 12.3. The lowest BCUT2D eigenvalue weighted by Crippen LogP contribution is -2.38. The second-order valence-electron chi connectivity index (χ2n) is 4.97. The highest BCUT2D eigenvalue weighted by atomic mass is 16.5. The van der Waals surface area contributed by atoms with Crippen LogP contribution < -0.4 is 4.74 Å². The minimum Gasteiger partial charge on any atom is -0.497 e. The molecule has 90 valence electrons. The fraction of sp³-hybridized carbons (Fsp3) is 0.500. The number of nitrogens with zero attached hydrogens (tertiary/aromatic N) is 1. The molecule has 1 saturated carbocycles. The number of fused-ring (bicyclic) bond motifs is 1. The van der Waals surface area contributed by atoms with E-state index in [2.05, 4.69) is 0 Å². The van der Waals surface area contributed by atoms with Crippen molar-refractivity contribution < 1.29 is 9.53 Å². The summed E-state index contributed by atoms with van der Waals surface area (Å²) in [4.78, 5) is 14.3. The standard InChI is InChI=1S/C14H17NO2/c1-17-12-4-5-13-11(8-12)6-7-15(14(13)16)9-10-2-3-10/h4-5,8,10H,2-3,6-7,9H2,1H3. The summed E-state index contributed by atoms with van der Waals surface area (Å²) in [6.07, 6.45) is 3.53. The Kier molecular flexibility index (Phi) is 2.54. The molecule has 1 aliphatic carbocycles. The van der Waals surface area contributed by atoms with Crippen molar-refractivity contribution >= 4 is 5.91 Å². The van der Waals surface area contributed by atoms with Crippen LogP contribution in [0.1, 0.15) is 28.8 Å². The lowest BCUT2D eigenvalue weighted by atomic mass is 9.98. The van der Waals surface area contributed by atoms with Crippen molar-refractivity contribution in [3.8, 4) is 5.75 Å². The monoisotopic (exact) mass is 231 g/mol. The Morgan fingerprint density at radius 1 is 1.41 bits per heavy atom. The molecule has 17 heavy (non-hydrogen) atoms. The molecule has 0 spiro atoms. The minimum absolute atomic E-state index is 0.195. The molecular formula is C14H17NO2. The van der Waals surface area contributed by atoms with E-state index in [9.17, 15) is 4.79 Å². The van der Waals surface area contributed by atoms with E-state index in [1.807, 2.05) is 23.1 Å². The van der Waals surface area contributed by atoms with E-state index < -0.39 is 0 Å². The molecule has 1 fully saturated rings. The second-order valence-corrected chi connectivity index (χ2v) is 4.97. The van der Waals surface area contributed by atoms with Gasteiger partial charge < -0.3 is 9.64 Å². The van der Waals surface area contributed by atoms with Crippen molar-refractivity contribution in [2.45, 2.75) is 19.3 Å². The van der Waals surface area contributed by atoms with E-state index in [1.165, 1.54) is 12.8 Å². The van der Waals surface area contributed by atoms with Crippen LogP contribution in [0.2, 0.25) is 0 Å². The summed E-state index contributed by atoms with van der Waals surface area (Å²) in [7, 11) is 1.66. The number of hydrogen-bond donors (Lipinski definition) is 0. The fourth-order valence-corrected chi connectivity index (χ4v) is 2.43. The first-order valence-electron chi connectivity index (χ1n) is 6.24. The molecule has 3 rings (SSSR count). The topological polar surface area (TPSA) is 29.5 Å². The zero-order chi connectivity index (χ0) is 11.8. The zero-order valence-electron chi connectivity index (χ0n) is 10.1. The number of benzene rings is 1. The maximum Gasteiger partial charge on any atom is 0.254 e. The molecular weight excluding hydrogens is 214 g/mol. The van der Waals surface area contributed by atoms with Crippen LogP contribution in [0.5, 0.6) is 5.75 Å². The molecule has 0 bridgehead atoms. The summed E-state index contributed by atoms with van der Waals surface area (Å²) >= 11 is 0. The average molecular weight is 231 g/mol. The Bertz CT molecular complexity index is 452. The fourth-order valence-electron chi connectivity index (χ4n) is 2.43. The number of methoxy groups -OCH3 is 1. The van der Waals surface area contributed by atoms with E-state index in [0.717, 1.165) is 42.3 Å². The van der Waals surface area contributed by atoms with Crippen LogP contribution >= 0.6 is 0 Å². The Balaban J connectivity index is 1.84. The predicted molar refractivity (Wildman–Crippen MR) is 65.3 cm³/mol. The molecule has 1 aromatic rings. The third-order valence-corrected chi connectivity index (χ3v) is 3.66. The van der Waals surface area contributed by atoms with Crippen LogP contribution in [0.25, 0.3) is 0 Å². The van der Waals surface area contributed by atoms with Gasteiger partial charge >= 0.3 is 0 Å². The highest BCUT2D eigenvalue weighted by Crippen LogP contribution is 2.32. The molecule has 0 unspecified atom stereocenters. The summed E-state index contributed by atoms with van der Waals surface area (Å²) in [6, 6.07) is 5.76. The lowest BCUT2D eigenvalue weighted by molar-refractivity contribution is 0.0731. The number of amides is 1. The molecule has 1 amide bonds. The number of ether oxygens (including phenoxy) is 1. The quantitative estimate of drug-likeness (QED) is 0.797. The SMILES string of the molecule is COc1ccc2c(c1)CCN(CC1CC1)C2=O. The summed E-state index contributed by atoms with van der Waals surface area (Å²) in [6.45, 7) is 1.81. The van der Waals surface area contributed by atoms with E-state index in [1.54, 1.807) is 7.11 Å². The average Bonchev–Trinajstić information content (AvgIpc) is 3.16. The Labute approximate surface area is 101 Å². The van der Waals surface area contributed by atoms with Gasteiger partial charge in [-0.1, -0.05) is 0 Å². The molecule has 0 aromatic heterocycles. The number of carbonyl (C=O) groups is 1. The molecule has 1 heterocycles. The molecule has 0 N–H and O–H groups in total. The maximum atomic E-state index is 12.3. The molecule has 3 nitrogen and oxygen atoms in total. The first-order chi connectivity index (χ1) is 8.28. The first-order valence-corrected chi connectivity index (χ1v) is 6.24. The zero-order valence-corrected chi connectivity index (χ0v) is 10.1. The molecule has 0 atom stereocenters. The predicted octanol–water partition coefficient (Wildman–Crippen LogP) is 2.10. The van der Waals surface area contributed by atoms with E-state index in [-0.39, 0.29) is 5.91 Å². The number of carbonyl (C=O) groups excluding carboxylic acids is 1. The minimum atomic E-state index is 0.195. The van der Waals surface area contributed by atoms with Gasteiger partial charge in [-0.15, -0.1) is 0 Å². The molecule has 1 aromatic carbocycles. The van der Waals surface area contributed by atoms with Gasteiger partial charge in [-0.3, -0.25) is 4.79 Å². The van der Waals surface area contributed by atoms with Gasteiger partial charge in [-0.05, 0) is 48.9 Å². The number of rotatable bonds is 3. The number of hydrogen-bond acceptors (Lipinski definition) is 2. The van der Waals surface area contributed by atoms with Crippen molar-refractivity contribution in [3.63, 3.8) is 0 Å². The van der Waals surface area contributed by atoms with Gasteiger partial charge in [0.05, 0.1) is 7.11 Å². The van der Waals surface area contributed by atoms with Crippen molar-refractivity contribution in [2.75, 3.05) is 20.2 Å². The van der Waals surface area contributed by atoms with Crippen LogP contribution in [-0.2, 0) is 6.42 Å². The van der Waals surface area contributed by atoms with E-state index in [4.69, 9.17) is 4.74 Å². The van der Waals surface area contributed by atoms with Crippen LogP contribution in [0.3, 0.4) is 0 Å². The lowest BCUT2D eigenvalue weighted by Gasteiger charge is -2.28. The van der Waals surface area contributed by atoms with Gasteiger partial charge in [0.25, 0.3) is 5.91 Å². The Hall–Kier alpha value is -1.51. The van der Waals surface area contributed by atoms with Gasteiger partial charge in [0.1, 0.15) is 5.75 Å². The van der Waals surface area contributed by atoms with Crippen LogP contribution in [0.15, 0.2) is 18.2 Å². The van der Waals surface area contributed by atoms with Crippen molar-refractivity contribution in [3.05, 3.63) is 29.3 Å². The van der Waals surface area contributed by atoms with E-state index >= 15 is 0 Å². The summed E-state index contributed by atoms with van der Waals surface area (Å²) in [5.41, 5.74) is 1.99. The van der Waals surface area contributed by atoms with Crippen LogP contribution in [0.4, 0.5) is 0 Å². The molecule has 0 radical (unpaired) electrons. The summed E-state index contributed by atoms with van der Waals surface area (Å²) < 4.78 is 5.19. The van der Waals surface area contributed by atoms with Gasteiger partial charge in [0, 0.05) is 18.7 Å². The van der Waals surface area contributed by atoms with Crippen LogP contribution in [-0.4, -0.2) is 31.0 Å². The van der Waals surface area contributed by atoms with Gasteiger partial charge in [0.2, 0.25) is 0 Å². The summed E-state index contributed by atoms with van der Waals surface area (Å²) in [5, 5.41) is 0. The normalized spacial score (nSPS) is 19.1. The van der Waals surface area contributed by atoms with Gasteiger partial charge in [-0.2, -0.15) is 0 Å². The third kappa shape index (κ3) is 2.02. The van der Waals surface area contributed by atoms with Crippen LogP contribution in [0, 0.1) is 5.92 Å². The highest BCUT2D eigenvalue weighted by molar-refractivity contribution is 5.97. The van der Waals surface area contributed by atoms with Crippen molar-refractivity contribution in [1.29, 1.82) is 0 Å². The van der Waals surface area contributed by atoms with Crippen molar-refractivity contribution in [2.24, 2.45) is 5.92 Å². The Morgan fingerprint density at radius 3 is 2.94 bits per heavy atom. The van der Waals surface area contributed by atoms with Gasteiger partial charge in [0.15, 0.2) is 0 Å². The van der Waals surface area contributed by atoms with E-state index in [0.29, 0.717) is 0 Å². The largest absolute Gasteiger partial charge is 0.497 e. The highest BCUT2D eigenvalue weighted by Gasteiger charge is 2.30. The molecule has 3 heteroatoms. The third-order valence-electron chi connectivity index (χ3n) is 3.66. The smallest absolute Gasteiger partial charge is 0.254 e. The van der Waals surface area contributed by atoms with Crippen molar-refractivity contribution in [1.82, 2.24) is 4.90 Å². The molecule has 2 aliphatic rings. The summed E-state index contributed by atoms with van der Waals surface area (Å²) in [5.74, 6) is 1.80. The Morgan fingerprint density at radius 2 is 2.24 bits per heavy atom. The second kappa shape index (κ2) is 4.06. The molecule has 1 aliphatic heterocycles. The molecule has 0 saturated heterocycles. The van der Waals surface area contributed by atoms with Gasteiger partial charge in [-0.25, -0.2) is 0 Å².